The van der Waals surface area contributed by atoms with Crippen LogP contribution >= 0.6 is 0 Å². The molecule has 1 atom stereocenters. The van der Waals surface area contributed by atoms with E-state index in [9.17, 15) is 5.11 Å². The summed E-state index contributed by atoms with van der Waals surface area (Å²) in [5, 5.41) is 18.8. The van der Waals surface area contributed by atoms with E-state index in [1.54, 1.807) is 6.92 Å². The van der Waals surface area contributed by atoms with Crippen LogP contribution in [-0.2, 0) is 13.2 Å². The maximum atomic E-state index is 9.75. The van der Waals surface area contributed by atoms with Crippen LogP contribution in [0.1, 0.15) is 35.3 Å². The average Bonchev–Trinajstić information content (AvgIpc) is 2.45. The Labute approximate surface area is 119 Å². The smallest absolute Gasteiger partial charge is 0.125 e. The molecule has 0 bridgehead atoms. The van der Waals surface area contributed by atoms with Gasteiger partial charge in [0.1, 0.15) is 12.4 Å². The van der Waals surface area contributed by atoms with Gasteiger partial charge in [-0.1, -0.05) is 36.4 Å². The van der Waals surface area contributed by atoms with Gasteiger partial charge in [0.25, 0.3) is 0 Å². The maximum Gasteiger partial charge on any atom is 0.125 e. The van der Waals surface area contributed by atoms with Gasteiger partial charge in [0.2, 0.25) is 0 Å². The molecule has 0 fully saturated rings. The molecule has 20 heavy (non-hydrogen) atoms. The second-order valence-corrected chi connectivity index (χ2v) is 4.98. The van der Waals surface area contributed by atoms with Crippen molar-refractivity contribution in [1.29, 1.82) is 0 Å². The van der Waals surface area contributed by atoms with Gasteiger partial charge in [0, 0.05) is 5.56 Å². The fourth-order valence-corrected chi connectivity index (χ4v) is 2.01. The lowest BCUT2D eigenvalue weighted by molar-refractivity contribution is 0.190. The number of ether oxygens (including phenoxy) is 1. The van der Waals surface area contributed by atoms with Gasteiger partial charge in [0.15, 0.2) is 0 Å². The van der Waals surface area contributed by atoms with Gasteiger partial charge in [-0.3, -0.25) is 0 Å². The molecule has 106 valence electrons. The molecule has 0 heterocycles. The predicted octanol–water partition coefficient (Wildman–Crippen LogP) is 3.12. The van der Waals surface area contributed by atoms with Gasteiger partial charge in [-0.05, 0) is 36.6 Å². The summed E-state index contributed by atoms with van der Waals surface area (Å²) >= 11 is 0. The largest absolute Gasteiger partial charge is 0.489 e. The molecule has 3 nitrogen and oxygen atoms in total. The zero-order valence-corrected chi connectivity index (χ0v) is 11.8. The van der Waals surface area contributed by atoms with E-state index < -0.39 is 6.10 Å². The highest BCUT2D eigenvalue weighted by atomic mass is 16.5. The third kappa shape index (κ3) is 3.59. The zero-order chi connectivity index (χ0) is 14.5. The van der Waals surface area contributed by atoms with E-state index in [1.165, 1.54) is 0 Å². The minimum Gasteiger partial charge on any atom is -0.489 e. The highest BCUT2D eigenvalue weighted by Gasteiger charge is 2.09. The van der Waals surface area contributed by atoms with E-state index in [1.807, 2.05) is 49.4 Å². The topological polar surface area (TPSA) is 49.7 Å². The summed E-state index contributed by atoms with van der Waals surface area (Å²) in [6.45, 7) is 4.21. The van der Waals surface area contributed by atoms with Crippen molar-refractivity contribution < 1.29 is 14.9 Å². The summed E-state index contributed by atoms with van der Waals surface area (Å²) in [5.74, 6) is 0.714. The minimum atomic E-state index is -0.553. The summed E-state index contributed by atoms with van der Waals surface area (Å²) in [4.78, 5) is 0. The standard InChI is InChI=1S/C17H20O3/c1-12-3-8-16(13(2)19)17(9-12)20-11-15-6-4-14(10-18)5-7-15/h3-9,13,18-19H,10-11H2,1-2H3/t13-/m1/s1. The maximum absolute atomic E-state index is 9.75. The first kappa shape index (κ1) is 14.6. The van der Waals surface area contributed by atoms with E-state index >= 15 is 0 Å². The van der Waals surface area contributed by atoms with Crippen molar-refractivity contribution in [3.05, 3.63) is 64.7 Å². The first-order valence-electron chi connectivity index (χ1n) is 6.70. The summed E-state index contributed by atoms with van der Waals surface area (Å²) in [6.07, 6.45) is -0.553. The molecule has 0 spiro atoms. The van der Waals surface area contributed by atoms with Crippen molar-refractivity contribution in [2.75, 3.05) is 0 Å². The fraction of sp³-hybridized carbons (Fsp3) is 0.294. The first-order chi connectivity index (χ1) is 9.60. The van der Waals surface area contributed by atoms with Crippen LogP contribution in [0.5, 0.6) is 5.75 Å². The molecule has 3 heteroatoms. The molecular weight excluding hydrogens is 252 g/mol. The van der Waals surface area contributed by atoms with Crippen LogP contribution in [0.2, 0.25) is 0 Å². The average molecular weight is 272 g/mol. The molecule has 0 unspecified atom stereocenters. The van der Waals surface area contributed by atoms with Gasteiger partial charge in [-0.25, -0.2) is 0 Å². The SMILES string of the molecule is Cc1ccc([C@@H](C)O)c(OCc2ccc(CO)cc2)c1. The lowest BCUT2D eigenvalue weighted by Gasteiger charge is -2.14. The second kappa shape index (κ2) is 6.55. The van der Waals surface area contributed by atoms with Crippen LogP contribution in [0.3, 0.4) is 0 Å². The Balaban J connectivity index is 2.11. The molecule has 0 aliphatic heterocycles. The Hall–Kier alpha value is -1.84. The van der Waals surface area contributed by atoms with Crippen LogP contribution in [-0.4, -0.2) is 10.2 Å². The first-order valence-corrected chi connectivity index (χ1v) is 6.70. The van der Waals surface area contributed by atoms with E-state index in [0.717, 1.165) is 22.3 Å². The predicted molar refractivity (Wildman–Crippen MR) is 78.5 cm³/mol. The van der Waals surface area contributed by atoms with Crippen LogP contribution in [0.25, 0.3) is 0 Å². The van der Waals surface area contributed by atoms with Gasteiger partial charge >= 0.3 is 0 Å². The van der Waals surface area contributed by atoms with Crippen molar-refractivity contribution in [1.82, 2.24) is 0 Å². The fourth-order valence-electron chi connectivity index (χ4n) is 2.01. The van der Waals surface area contributed by atoms with Crippen LogP contribution in [0.15, 0.2) is 42.5 Å². The van der Waals surface area contributed by atoms with E-state index in [4.69, 9.17) is 9.84 Å². The Morgan fingerprint density at radius 3 is 2.30 bits per heavy atom. The zero-order valence-electron chi connectivity index (χ0n) is 11.8. The summed E-state index contributed by atoms with van der Waals surface area (Å²) in [7, 11) is 0. The van der Waals surface area contributed by atoms with E-state index in [0.29, 0.717) is 12.4 Å². The van der Waals surface area contributed by atoms with Crippen molar-refractivity contribution in [2.45, 2.75) is 33.2 Å². The molecule has 2 N–H and O–H groups in total. The highest BCUT2D eigenvalue weighted by Crippen LogP contribution is 2.27. The minimum absolute atomic E-state index is 0.0468. The summed E-state index contributed by atoms with van der Waals surface area (Å²) < 4.78 is 5.82. The molecule has 0 radical (unpaired) electrons. The normalized spacial score (nSPS) is 12.2. The quantitative estimate of drug-likeness (QED) is 0.879. The lowest BCUT2D eigenvalue weighted by atomic mass is 10.1. The molecule has 0 saturated carbocycles. The molecule has 0 aliphatic carbocycles. The molecular formula is C17H20O3. The van der Waals surface area contributed by atoms with Crippen LogP contribution in [0.4, 0.5) is 0 Å². The number of hydrogen-bond donors (Lipinski definition) is 2. The van der Waals surface area contributed by atoms with Crippen molar-refractivity contribution in [2.24, 2.45) is 0 Å². The molecule has 0 aromatic heterocycles. The number of hydrogen-bond acceptors (Lipinski definition) is 3. The van der Waals surface area contributed by atoms with Gasteiger partial charge in [0.05, 0.1) is 12.7 Å². The van der Waals surface area contributed by atoms with Crippen LogP contribution in [0, 0.1) is 6.92 Å². The highest BCUT2D eigenvalue weighted by molar-refractivity contribution is 5.38. The Morgan fingerprint density at radius 1 is 1.05 bits per heavy atom. The van der Waals surface area contributed by atoms with Crippen molar-refractivity contribution in [3.63, 3.8) is 0 Å². The molecule has 0 saturated heterocycles. The molecule has 2 aromatic carbocycles. The Bertz CT molecular complexity index is 559. The monoisotopic (exact) mass is 272 g/mol. The number of benzene rings is 2. The second-order valence-electron chi connectivity index (χ2n) is 4.98. The number of rotatable bonds is 5. The van der Waals surface area contributed by atoms with Gasteiger partial charge in [-0.15, -0.1) is 0 Å². The third-order valence-corrected chi connectivity index (χ3v) is 3.22. The third-order valence-electron chi connectivity index (χ3n) is 3.22. The Morgan fingerprint density at radius 2 is 1.70 bits per heavy atom. The van der Waals surface area contributed by atoms with E-state index in [2.05, 4.69) is 0 Å². The Kier molecular flexibility index (Phi) is 4.77. The molecule has 0 amide bonds. The number of aryl methyl sites for hydroxylation is 1. The summed E-state index contributed by atoms with van der Waals surface area (Å²) in [6, 6.07) is 13.4. The van der Waals surface area contributed by atoms with Crippen LogP contribution < -0.4 is 4.74 Å². The lowest BCUT2D eigenvalue weighted by Crippen LogP contribution is -2.01. The molecule has 2 rings (SSSR count). The van der Waals surface area contributed by atoms with Gasteiger partial charge in [-0.2, -0.15) is 0 Å². The molecule has 0 aliphatic rings. The molecule has 2 aromatic rings. The van der Waals surface area contributed by atoms with Crippen molar-refractivity contribution in [3.8, 4) is 5.75 Å². The summed E-state index contributed by atoms with van der Waals surface area (Å²) in [5.41, 5.74) is 3.80. The van der Waals surface area contributed by atoms with Crippen molar-refractivity contribution >= 4 is 0 Å². The van der Waals surface area contributed by atoms with E-state index in [-0.39, 0.29) is 6.61 Å². The van der Waals surface area contributed by atoms with Gasteiger partial charge < -0.3 is 14.9 Å². The number of aliphatic hydroxyl groups excluding tert-OH is 2. The number of aliphatic hydroxyl groups is 2.